The standard InChI is InChI=1S/C18H23N5O/c1-13-5-4-6-15(14(13)2)19-17-8-7-16(20-21-17)18(24)23-11-9-22(3)10-12-23/h4-8H,9-12H2,1-3H3,(H,19,21). The number of nitrogens with zero attached hydrogens (tertiary/aromatic N) is 4. The van der Waals surface area contributed by atoms with Crippen molar-refractivity contribution >= 4 is 17.4 Å². The van der Waals surface area contributed by atoms with E-state index in [1.165, 1.54) is 11.1 Å². The van der Waals surface area contributed by atoms with E-state index in [2.05, 4.69) is 47.4 Å². The number of amides is 1. The Morgan fingerprint density at radius 2 is 1.79 bits per heavy atom. The molecule has 0 atom stereocenters. The molecule has 2 aromatic rings. The summed E-state index contributed by atoms with van der Waals surface area (Å²) in [6.07, 6.45) is 0. The molecule has 24 heavy (non-hydrogen) atoms. The van der Waals surface area contributed by atoms with Gasteiger partial charge in [0.05, 0.1) is 0 Å². The van der Waals surface area contributed by atoms with Crippen LogP contribution >= 0.6 is 0 Å². The summed E-state index contributed by atoms with van der Waals surface area (Å²) in [4.78, 5) is 16.5. The fourth-order valence-electron chi connectivity index (χ4n) is 2.71. The van der Waals surface area contributed by atoms with E-state index in [0.717, 1.165) is 31.9 Å². The van der Waals surface area contributed by atoms with Crippen molar-refractivity contribution in [2.24, 2.45) is 0 Å². The van der Waals surface area contributed by atoms with Gasteiger partial charge in [-0.3, -0.25) is 4.79 Å². The molecule has 1 aliphatic rings. The monoisotopic (exact) mass is 325 g/mol. The van der Waals surface area contributed by atoms with Crippen LogP contribution in [0, 0.1) is 13.8 Å². The number of rotatable bonds is 3. The van der Waals surface area contributed by atoms with E-state index >= 15 is 0 Å². The highest BCUT2D eigenvalue weighted by Crippen LogP contribution is 2.21. The molecule has 1 fully saturated rings. The third-order valence-electron chi connectivity index (χ3n) is 4.54. The Balaban J connectivity index is 1.69. The van der Waals surface area contributed by atoms with Crippen molar-refractivity contribution < 1.29 is 4.79 Å². The Labute approximate surface area is 142 Å². The minimum atomic E-state index is -0.0473. The minimum absolute atomic E-state index is 0.0473. The van der Waals surface area contributed by atoms with Gasteiger partial charge in [0.2, 0.25) is 0 Å². The first kappa shape index (κ1) is 16.4. The van der Waals surface area contributed by atoms with Crippen molar-refractivity contribution in [3.63, 3.8) is 0 Å². The quantitative estimate of drug-likeness (QED) is 0.937. The Kier molecular flexibility index (Phi) is 4.76. The summed E-state index contributed by atoms with van der Waals surface area (Å²) in [5, 5.41) is 11.5. The maximum atomic E-state index is 12.5. The Morgan fingerprint density at radius 3 is 2.46 bits per heavy atom. The zero-order chi connectivity index (χ0) is 17.1. The highest BCUT2D eigenvalue weighted by Gasteiger charge is 2.21. The van der Waals surface area contributed by atoms with Crippen LogP contribution in [0.25, 0.3) is 0 Å². The van der Waals surface area contributed by atoms with Gasteiger partial charge in [-0.15, -0.1) is 10.2 Å². The summed E-state index contributed by atoms with van der Waals surface area (Å²) in [6, 6.07) is 9.62. The second kappa shape index (κ2) is 6.97. The summed E-state index contributed by atoms with van der Waals surface area (Å²) >= 11 is 0. The molecule has 126 valence electrons. The van der Waals surface area contributed by atoms with Crippen LogP contribution in [0.1, 0.15) is 21.6 Å². The molecule has 2 heterocycles. The molecule has 1 aliphatic heterocycles. The largest absolute Gasteiger partial charge is 0.339 e. The maximum Gasteiger partial charge on any atom is 0.274 e. The number of aromatic nitrogens is 2. The Bertz CT molecular complexity index is 721. The molecule has 1 saturated heterocycles. The molecular formula is C18H23N5O. The van der Waals surface area contributed by atoms with E-state index in [4.69, 9.17) is 0 Å². The van der Waals surface area contributed by atoms with Crippen LogP contribution in [0.4, 0.5) is 11.5 Å². The number of carbonyl (C=O) groups excluding carboxylic acids is 1. The van der Waals surface area contributed by atoms with Crippen molar-refractivity contribution in [1.29, 1.82) is 0 Å². The number of hydrogen-bond donors (Lipinski definition) is 1. The number of aryl methyl sites for hydroxylation is 1. The molecule has 1 aromatic carbocycles. The average molecular weight is 325 g/mol. The van der Waals surface area contributed by atoms with Crippen LogP contribution in [-0.2, 0) is 0 Å². The summed E-state index contributed by atoms with van der Waals surface area (Å²) in [5.74, 6) is 0.590. The van der Waals surface area contributed by atoms with Crippen molar-refractivity contribution in [3.05, 3.63) is 47.2 Å². The second-order valence-corrected chi connectivity index (χ2v) is 6.27. The van der Waals surface area contributed by atoms with Crippen molar-refractivity contribution in [2.75, 3.05) is 38.5 Å². The number of benzene rings is 1. The van der Waals surface area contributed by atoms with Crippen LogP contribution in [-0.4, -0.2) is 59.1 Å². The van der Waals surface area contributed by atoms with Gasteiger partial charge in [-0.05, 0) is 50.2 Å². The molecule has 0 aliphatic carbocycles. The number of nitrogens with one attached hydrogen (secondary N) is 1. The van der Waals surface area contributed by atoms with Crippen molar-refractivity contribution in [2.45, 2.75) is 13.8 Å². The summed E-state index contributed by atoms with van der Waals surface area (Å²) < 4.78 is 0. The van der Waals surface area contributed by atoms with Crippen LogP contribution in [0.3, 0.4) is 0 Å². The maximum absolute atomic E-state index is 12.5. The van der Waals surface area contributed by atoms with Crippen LogP contribution < -0.4 is 5.32 Å². The van der Waals surface area contributed by atoms with Gasteiger partial charge >= 0.3 is 0 Å². The van der Waals surface area contributed by atoms with Gasteiger partial charge in [-0.25, -0.2) is 0 Å². The minimum Gasteiger partial charge on any atom is -0.339 e. The summed E-state index contributed by atoms with van der Waals surface area (Å²) in [6.45, 7) is 7.40. The first-order valence-electron chi connectivity index (χ1n) is 8.19. The van der Waals surface area contributed by atoms with Gasteiger partial charge in [0.1, 0.15) is 0 Å². The molecule has 0 radical (unpaired) electrons. The Hall–Kier alpha value is -2.47. The highest BCUT2D eigenvalue weighted by atomic mass is 16.2. The molecular weight excluding hydrogens is 302 g/mol. The molecule has 1 N–H and O–H groups in total. The van der Waals surface area contributed by atoms with Crippen LogP contribution in [0.15, 0.2) is 30.3 Å². The van der Waals surface area contributed by atoms with Gasteiger partial charge in [0, 0.05) is 31.9 Å². The summed E-state index contributed by atoms with van der Waals surface area (Å²) in [7, 11) is 2.06. The lowest BCUT2D eigenvalue weighted by molar-refractivity contribution is 0.0657. The SMILES string of the molecule is Cc1cccc(Nc2ccc(C(=O)N3CCN(C)CC3)nn2)c1C. The van der Waals surface area contributed by atoms with E-state index in [1.54, 1.807) is 12.1 Å². The lowest BCUT2D eigenvalue weighted by atomic mass is 10.1. The fourth-order valence-corrected chi connectivity index (χ4v) is 2.71. The number of anilines is 2. The van der Waals surface area contributed by atoms with E-state index in [-0.39, 0.29) is 5.91 Å². The lowest BCUT2D eigenvalue weighted by Crippen LogP contribution is -2.47. The average Bonchev–Trinajstić information content (AvgIpc) is 2.60. The van der Waals surface area contributed by atoms with Gasteiger partial charge in [0.25, 0.3) is 5.91 Å². The number of hydrogen-bond acceptors (Lipinski definition) is 5. The first-order valence-corrected chi connectivity index (χ1v) is 8.19. The predicted molar refractivity (Wildman–Crippen MR) is 94.6 cm³/mol. The fraction of sp³-hybridized carbons (Fsp3) is 0.389. The molecule has 0 saturated carbocycles. The molecule has 6 nitrogen and oxygen atoms in total. The van der Waals surface area contributed by atoms with Gasteiger partial charge in [-0.2, -0.15) is 0 Å². The molecule has 1 aromatic heterocycles. The lowest BCUT2D eigenvalue weighted by Gasteiger charge is -2.32. The van der Waals surface area contributed by atoms with Crippen molar-refractivity contribution in [3.8, 4) is 0 Å². The van der Waals surface area contributed by atoms with E-state index in [1.807, 2.05) is 17.0 Å². The smallest absolute Gasteiger partial charge is 0.274 e. The van der Waals surface area contributed by atoms with E-state index < -0.39 is 0 Å². The number of likely N-dealkylation sites (N-methyl/N-ethyl adjacent to an activating group) is 1. The zero-order valence-electron chi connectivity index (χ0n) is 14.4. The third kappa shape index (κ3) is 3.54. The molecule has 3 rings (SSSR count). The topological polar surface area (TPSA) is 61.4 Å². The molecule has 0 bridgehead atoms. The van der Waals surface area contributed by atoms with E-state index in [0.29, 0.717) is 11.5 Å². The zero-order valence-corrected chi connectivity index (χ0v) is 14.4. The number of carbonyl (C=O) groups is 1. The molecule has 6 heteroatoms. The molecule has 0 unspecified atom stereocenters. The number of piperazine rings is 1. The second-order valence-electron chi connectivity index (χ2n) is 6.27. The van der Waals surface area contributed by atoms with E-state index in [9.17, 15) is 4.79 Å². The third-order valence-corrected chi connectivity index (χ3v) is 4.54. The first-order chi connectivity index (χ1) is 11.5. The van der Waals surface area contributed by atoms with Crippen LogP contribution in [0.5, 0.6) is 0 Å². The Morgan fingerprint density at radius 1 is 1.04 bits per heavy atom. The van der Waals surface area contributed by atoms with Gasteiger partial charge in [-0.1, -0.05) is 12.1 Å². The highest BCUT2D eigenvalue weighted by molar-refractivity contribution is 5.92. The molecule has 0 spiro atoms. The normalized spacial score (nSPS) is 15.4. The van der Waals surface area contributed by atoms with Crippen LogP contribution in [0.2, 0.25) is 0 Å². The summed E-state index contributed by atoms with van der Waals surface area (Å²) in [5.41, 5.74) is 3.79. The van der Waals surface area contributed by atoms with Gasteiger partial charge < -0.3 is 15.1 Å². The van der Waals surface area contributed by atoms with Crippen molar-refractivity contribution in [1.82, 2.24) is 20.0 Å². The van der Waals surface area contributed by atoms with Gasteiger partial charge in [0.15, 0.2) is 11.5 Å². The predicted octanol–water partition coefficient (Wildman–Crippen LogP) is 2.22. The molecule has 1 amide bonds.